The van der Waals surface area contributed by atoms with E-state index in [9.17, 15) is 13.6 Å². The van der Waals surface area contributed by atoms with E-state index in [4.69, 9.17) is 4.74 Å². The van der Waals surface area contributed by atoms with E-state index in [-0.39, 0.29) is 23.6 Å². The Hall–Kier alpha value is -2.28. The summed E-state index contributed by atoms with van der Waals surface area (Å²) in [7, 11) is 0. The van der Waals surface area contributed by atoms with Crippen LogP contribution >= 0.6 is 11.8 Å². The number of rotatable bonds is 1. The Morgan fingerprint density at radius 3 is 2.59 bits per heavy atom. The van der Waals surface area contributed by atoms with Crippen molar-refractivity contribution in [1.82, 2.24) is 4.90 Å². The molecule has 3 aliphatic heterocycles. The Morgan fingerprint density at radius 2 is 1.88 bits per heavy atom. The zero-order chi connectivity index (χ0) is 22.6. The van der Waals surface area contributed by atoms with Crippen molar-refractivity contribution in [3.8, 4) is 11.1 Å². The number of piperidine rings is 1. The molecule has 170 valence electrons. The summed E-state index contributed by atoms with van der Waals surface area (Å²) in [6.07, 6.45) is 1.54. The maximum atomic E-state index is 14.8. The molecule has 0 bridgehead atoms. The van der Waals surface area contributed by atoms with Crippen molar-refractivity contribution < 1.29 is 18.3 Å². The maximum absolute atomic E-state index is 14.8. The number of halogens is 2. The lowest BCUT2D eigenvalue weighted by Crippen LogP contribution is -2.49. The summed E-state index contributed by atoms with van der Waals surface area (Å²) in [5.74, 6) is -0.105. The van der Waals surface area contributed by atoms with Crippen molar-refractivity contribution in [1.29, 1.82) is 0 Å². The zero-order valence-corrected chi connectivity index (χ0v) is 19.5. The standard InChI is InChI=1S/C25H28F2N2O2S/c1-25(2,3)31-24(30)28-12-10-19-16(14-28)21-15(22-17(26)6-4-7-18(22)27)8-9-20-23(21)29(19)11-5-13-32-20/h4,6-9,16,19H,5,10-14H2,1-3H3/t16-,19+/m0/s1. The van der Waals surface area contributed by atoms with Crippen LogP contribution in [0.4, 0.5) is 19.3 Å². The molecule has 0 radical (unpaired) electrons. The molecule has 0 aromatic heterocycles. The number of carbonyl (C=O) groups excluding carboxylic acids is 1. The average Bonchev–Trinajstić information content (AvgIpc) is 2.89. The first-order chi connectivity index (χ1) is 15.2. The second-order valence-corrected chi connectivity index (χ2v) is 10.9. The van der Waals surface area contributed by atoms with Crippen molar-refractivity contribution in [2.24, 2.45) is 0 Å². The third-order valence-corrected chi connectivity index (χ3v) is 7.63. The summed E-state index contributed by atoms with van der Waals surface area (Å²) >= 11 is 1.81. The largest absolute Gasteiger partial charge is 0.444 e. The minimum Gasteiger partial charge on any atom is -0.444 e. The van der Waals surface area contributed by atoms with Crippen LogP contribution in [0.1, 0.15) is 45.1 Å². The van der Waals surface area contributed by atoms with Gasteiger partial charge in [-0.15, -0.1) is 11.8 Å². The molecule has 3 aliphatic rings. The summed E-state index contributed by atoms with van der Waals surface area (Å²) in [5, 5.41) is 0. The predicted molar refractivity (Wildman–Crippen MR) is 123 cm³/mol. The van der Waals surface area contributed by atoms with E-state index in [2.05, 4.69) is 4.90 Å². The van der Waals surface area contributed by atoms with Gasteiger partial charge < -0.3 is 14.5 Å². The lowest BCUT2D eigenvalue weighted by atomic mass is 9.84. The first-order valence-electron chi connectivity index (χ1n) is 11.2. The molecule has 1 amide bonds. The van der Waals surface area contributed by atoms with Gasteiger partial charge in [-0.25, -0.2) is 13.6 Å². The molecule has 0 N–H and O–H groups in total. The van der Waals surface area contributed by atoms with Crippen LogP contribution in [0.5, 0.6) is 0 Å². The van der Waals surface area contributed by atoms with Gasteiger partial charge in [0.2, 0.25) is 0 Å². The quantitative estimate of drug-likeness (QED) is 0.522. The van der Waals surface area contributed by atoms with Crippen LogP contribution in [-0.2, 0) is 4.74 Å². The van der Waals surface area contributed by atoms with Crippen molar-refractivity contribution in [3.05, 3.63) is 47.5 Å². The minimum atomic E-state index is -0.570. The van der Waals surface area contributed by atoms with E-state index < -0.39 is 17.2 Å². The number of hydrogen-bond acceptors (Lipinski definition) is 4. The first kappa shape index (κ1) is 21.6. The molecular weight excluding hydrogens is 430 g/mol. The van der Waals surface area contributed by atoms with Crippen LogP contribution in [0.3, 0.4) is 0 Å². The van der Waals surface area contributed by atoms with Gasteiger partial charge in [-0.3, -0.25) is 0 Å². The number of thioether (sulfide) groups is 1. The Bertz CT molecular complexity index is 1050. The fourth-order valence-electron chi connectivity index (χ4n) is 5.30. The second-order valence-electron chi connectivity index (χ2n) is 9.75. The van der Waals surface area contributed by atoms with Gasteiger partial charge in [0.1, 0.15) is 17.2 Å². The number of nitrogens with zero attached hydrogens (tertiary/aromatic N) is 2. The smallest absolute Gasteiger partial charge is 0.410 e. The van der Waals surface area contributed by atoms with Gasteiger partial charge in [0, 0.05) is 36.5 Å². The summed E-state index contributed by atoms with van der Waals surface area (Å²) < 4.78 is 35.3. The molecule has 0 aliphatic carbocycles. The normalized spacial score (nSPS) is 22.3. The molecule has 2 aromatic rings. The van der Waals surface area contributed by atoms with Crippen molar-refractivity contribution in [3.63, 3.8) is 0 Å². The molecule has 0 unspecified atom stereocenters. The molecule has 3 heterocycles. The summed E-state index contributed by atoms with van der Waals surface area (Å²) in [6, 6.07) is 8.10. The van der Waals surface area contributed by atoms with Crippen molar-refractivity contribution >= 4 is 23.5 Å². The van der Waals surface area contributed by atoms with Crippen LogP contribution < -0.4 is 4.90 Å². The summed E-state index contributed by atoms with van der Waals surface area (Å²) in [5.41, 5.74) is 2.13. The lowest BCUT2D eigenvalue weighted by molar-refractivity contribution is 0.0189. The third kappa shape index (κ3) is 3.64. The van der Waals surface area contributed by atoms with Gasteiger partial charge >= 0.3 is 6.09 Å². The number of anilines is 1. The Kier molecular flexibility index (Phi) is 5.35. The van der Waals surface area contributed by atoms with Crippen molar-refractivity contribution in [2.75, 3.05) is 30.3 Å². The summed E-state index contributed by atoms with van der Waals surface area (Å²) in [4.78, 5) is 18.2. The van der Waals surface area contributed by atoms with Crippen LogP contribution in [0.2, 0.25) is 0 Å². The first-order valence-corrected chi connectivity index (χ1v) is 12.2. The monoisotopic (exact) mass is 458 g/mol. The molecule has 0 spiro atoms. The van der Waals surface area contributed by atoms with E-state index in [0.717, 1.165) is 41.3 Å². The van der Waals surface area contributed by atoms with Crippen molar-refractivity contribution in [2.45, 2.75) is 56.1 Å². The number of amides is 1. The molecular formula is C25H28F2N2O2S. The van der Waals surface area contributed by atoms with Gasteiger partial charge in [-0.2, -0.15) is 0 Å². The van der Waals surface area contributed by atoms with Gasteiger partial charge in [0.05, 0.1) is 11.3 Å². The average molecular weight is 459 g/mol. The lowest BCUT2D eigenvalue weighted by Gasteiger charge is -2.39. The number of hydrogen-bond donors (Lipinski definition) is 0. The SMILES string of the molecule is CC(C)(C)OC(=O)N1CC[C@@H]2[C@H](C1)c1c(-c3c(F)cccc3F)ccc3c1N2CCCS3. The predicted octanol–water partition coefficient (Wildman–Crippen LogP) is 6.04. The summed E-state index contributed by atoms with van der Waals surface area (Å²) in [6.45, 7) is 7.60. The van der Waals surface area contributed by atoms with E-state index in [1.165, 1.54) is 18.2 Å². The van der Waals surface area contributed by atoms with E-state index in [0.29, 0.717) is 18.7 Å². The number of fused-ring (bicyclic) bond motifs is 3. The minimum absolute atomic E-state index is 0.0149. The molecule has 1 saturated heterocycles. The number of benzene rings is 2. The Labute approximate surface area is 191 Å². The fourth-order valence-corrected chi connectivity index (χ4v) is 6.32. The molecule has 2 aromatic carbocycles. The molecule has 5 rings (SSSR count). The van der Waals surface area contributed by atoms with E-state index in [1.54, 1.807) is 16.7 Å². The molecule has 2 atom stereocenters. The molecule has 4 nitrogen and oxygen atoms in total. The highest BCUT2D eigenvalue weighted by Gasteiger charge is 2.46. The topological polar surface area (TPSA) is 32.8 Å². The van der Waals surface area contributed by atoms with E-state index in [1.807, 2.05) is 32.9 Å². The molecule has 1 fully saturated rings. The fraction of sp³-hybridized carbons (Fsp3) is 0.480. The highest BCUT2D eigenvalue weighted by atomic mass is 32.2. The van der Waals surface area contributed by atoms with Gasteiger partial charge in [-0.1, -0.05) is 12.1 Å². The van der Waals surface area contributed by atoms with Gasteiger partial charge in [0.15, 0.2) is 0 Å². The highest BCUT2D eigenvalue weighted by Crippen LogP contribution is 2.54. The second kappa shape index (κ2) is 7.94. The number of carbonyl (C=O) groups is 1. The molecule has 7 heteroatoms. The Morgan fingerprint density at radius 1 is 1.12 bits per heavy atom. The van der Waals surface area contributed by atoms with E-state index >= 15 is 0 Å². The van der Waals surface area contributed by atoms with Crippen LogP contribution in [-0.4, -0.2) is 48.0 Å². The molecule has 32 heavy (non-hydrogen) atoms. The Balaban J connectivity index is 1.62. The van der Waals surface area contributed by atoms with Crippen LogP contribution in [0, 0.1) is 11.6 Å². The van der Waals surface area contributed by atoms with Gasteiger partial charge in [0.25, 0.3) is 0 Å². The maximum Gasteiger partial charge on any atom is 0.410 e. The van der Waals surface area contributed by atoms with Crippen LogP contribution in [0.25, 0.3) is 11.1 Å². The number of ether oxygens (including phenoxy) is 1. The highest BCUT2D eigenvalue weighted by molar-refractivity contribution is 7.99. The number of likely N-dealkylation sites (tertiary alicyclic amines) is 1. The van der Waals surface area contributed by atoms with Crippen LogP contribution in [0.15, 0.2) is 35.2 Å². The van der Waals surface area contributed by atoms with Gasteiger partial charge in [-0.05, 0) is 68.7 Å². The zero-order valence-electron chi connectivity index (χ0n) is 18.7. The molecule has 0 saturated carbocycles. The third-order valence-electron chi connectivity index (χ3n) is 6.50.